The highest BCUT2D eigenvalue weighted by Crippen LogP contribution is 2.30. The predicted octanol–water partition coefficient (Wildman–Crippen LogP) is 3.51. The summed E-state index contributed by atoms with van der Waals surface area (Å²) < 4.78 is 27.8. The van der Waals surface area contributed by atoms with Crippen molar-refractivity contribution in [2.24, 2.45) is 0 Å². The van der Waals surface area contributed by atoms with Crippen LogP contribution in [0, 0.1) is 6.92 Å². The average molecular weight is 366 g/mol. The fourth-order valence-corrected chi connectivity index (χ4v) is 5.54. The molecular formula is C12H12ClNO4S3. The van der Waals surface area contributed by atoms with E-state index in [4.69, 9.17) is 16.7 Å². The van der Waals surface area contributed by atoms with Gasteiger partial charge in [-0.05, 0) is 32.0 Å². The molecule has 21 heavy (non-hydrogen) atoms. The Bertz CT molecular complexity index is 778. The van der Waals surface area contributed by atoms with Gasteiger partial charge in [-0.15, -0.1) is 22.7 Å². The monoisotopic (exact) mass is 365 g/mol. The number of carboxylic acids is 1. The molecule has 114 valence electrons. The van der Waals surface area contributed by atoms with Gasteiger partial charge >= 0.3 is 5.97 Å². The Morgan fingerprint density at radius 3 is 2.52 bits per heavy atom. The molecule has 0 aliphatic rings. The molecule has 0 spiro atoms. The van der Waals surface area contributed by atoms with Crippen LogP contribution in [0.25, 0.3) is 0 Å². The molecule has 0 aliphatic heterocycles. The molecule has 0 aliphatic carbocycles. The lowest BCUT2D eigenvalue weighted by atomic mass is 10.3. The summed E-state index contributed by atoms with van der Waals surface area (Å²) in [7, 11) is -3.78. The van der Waals surface area contributed by atoms with E-state index in [0.29, 0.717) is 9.21 Å². The number of sulfonamides is 1. The number of aryl methyl sites for hydroxylation is 1. The van der Waals surface area contributed by atoms with Crippen molar-refractivity contribution in [3.05, 3.63) is 37.2 Å². The van der Waals surface area contributed by atoms with Gasteiger partial charge in [-0.3, -0.25) is 0 Å². The zero-order valence-electron chi connectivity index (χ0n) is 11.1. The van der Waals surface area contributed by atoms with E-state index in [0.717, 1.165) is 16.2 Å². The summed E-state index contributed by atoms with van der Waals surface area (Å²) in [6, 6.07) is 4.19. The van der Waals surface area contributed by atoms with Gasteiger partial charge in [0.15, 0.2) is 0 Å². The topological polar surface area (TPSA) is 83.5 Å². The number of thiophene rings is 2. The van der Waals surface area contributed by atoms with Crippen molar-refractivity contribution in [3.8, 4) is 0 Å². The van der Waals surface area contributed by atoms with E-state index in [1.165, 1.54) is 17.4 Å². The second-order valence-corrected chi connectivity index (χ2v) is 9.01. The van der Waals surface area contributed by atoms with Crippen molar-refractivity contribution >= 4 is 50.3 Å². The fraction of sp³-hybridized carbons (Fsp3) is 0.250. The standard InChI is InChI=1S/C12H12ClNO4S3/c1-6(8-3-4-11(13)20-8)14-21(17,18)10-5-9(12(15)16)19-7(10)2/h3-6,14H,1-2H3,(H,15,16). The summed E-state index contributed by atoms with van der Waals surface area (Å²) in [5.41, 5.74) is 0. The van der Waals surface area contributed by atoms with Gasteiger partial charge in [0.1, 0.15) is 4.88 Å². The first-order chi connectivity index (χ1) is 9.70. The number of carboxylic acid groups (broad SMARTS) is 1. The number of nitrogens with one attached hydrogen (secondary N) is 1. The summed E-state index contributed by atoms with van der Waals surface area (Å²) in [6.07, 6.45) is 0. The summed E-state index contributed by atoms with van der Waals surface area (Å²) in [4.78, 5) is 12.1. The minimum absolute atomic E-state index is 0.000281. The first-order valence-corrected chi connectivity index (χ1v) is 9.31. The van der Waals surface area contributed by atoms with Crippen LogP contribution in [0.1, 0.15) is 32.4 Å². The third-order valence-corrected chi connectivity index (χ3v) is 6.97. The lowest BCUT2D eigenvalue weighted by Gasteiger charge is -2.12. The molecule has 2 aromatic heterocycles. The zero-order valence-corrected chi connectivity index (χ0v) is 14.3. The Kier molecular flexibility index (Phi) is 4.74. The highest BCUT2D eigenvalue weighted by Gasteiger charge is 2.24. The van der Waals surface area contributed by atoms with Gasteiger partial charge in [-0.25, -0.2) is 17.9 Å². The van der Waals surface area contributed by atoms with Crippen LogP contribution in [0.2, 0.25) is 4.34 Å². The minimum Gasteiger partial charge on any atom is -0.477 e. The van der Waals surface area contributed by atoms with Crippen LogP contribution in [0.15, 0.2) is 23.1 Å². The van der Waals surface area contributed by atoms with E-state index >= 15 is 0 Å². The number of rotatable bonds is 5. The quantitative estimate of drug-likeness (QED) is 0.849. The maximum Gasteiger partial charge on any atom is 0.345 e. The number of halogens is 1. The maximum atomic E-state index is 12.4. The van der Waals surface area contributed by atoms with Gasteiger partial charge in [0.25, 0.3) is 0 Å². The Morgan fingerprint density at radius 2 is 2.05 bits per heavy atom. The van der Waals surface area contributed by atoms with Gasteiger partial charge in [0.2, 0.25) is 10.0 Å². The van der Waals surface area contributed by atoms with Crippen LogP contribution < -0.4 is 4.72 Å². The first kappa shape index (κ1) is 16.4. The van der Waals surface area contributed by atoms with Crippen LogP contribution >= 0.6 is 34.3 Å². The minimum atomic E-state index is -3.78. The molecule has 2 N–H and O–H groups in total. The van der Waals surface area contributed by atoms with Gasteiger partial charge in [-0.1, -0.05) is 11.6 Å². The van der Waals surface area contributed by atoms with E-state index in [2.05, 4.69) is 4.72 Å². The Morgan fingerprint density at radius 1 is 1.38 bits per heavy atom. The van der Waals surface area contributed by atoms with Gasteiger partial charge in [-0.2, -0.15) is 0 Å². The van der Waals surface area contributed by atoms with E-state index in [-0.39, 0.29) is 9.77 Å². The van der Waals surface area contributed by atoms with Crippen molar-refractivity contribution in [2.45, 2.75) is 24.8 Å². The van der Waals surface area contributed by atoms with Crippen molar-refractivity contribution in [2.75, 3.05) is 0 Å². The van der Waals surface area contributed by atoms with E-state index in [9.17, 15) is 13.2 Å². The van der Waals surface area contributed by atoms with Gasteiger partial charge in [0, 0.05) is 9.75 Å². The van der Waals surface area contributed by atoms with Crippen molar-refractivity contribution in [1.29, 1.82) is 0 Å². The van der Waals surface area contributed by atoms with Crippen LogP contribution in [-0.4, -0.2) is 19.5 Å². The third kappa shape index (κ3) is 3.64. The molecule has 2 heterocycles. The second kappa shape index (κ2) is 6.05. The van der Waals surface area contributed by atoms with E-state index in [1.54, 1.807) is 26.0 Å². The molecule has 2 aromatic rings. The van der Waals surface area contributed by atoms with Crippen LogP contribution in [0.5, 0.6) is 0 Å². The lowest BCUT2D eigenvalue weighted by molar-refractivity contribution is 0.0702. The molecule has 5 nitrogen and oxygen atoms in total. The molecule has 9 heteroatoms. The molecule has 0 amide bonds. The lowest BCUT2D eigenvalue weighted by Crippen LogP contribution is -2.26. The Balaban J connectivity index is 2.28. The summed E-state index contributed by atoms with van der Waals surface area (Å²) in [5, 5.41) is 8.93. The van der Waals surface area contributed by atoms with Crippen molar-refractivity contribution < 1.29 is 18.3 Å². The highest BCUT2D eigenvalue weighted by molar-refractivity contribution is 7.89. The van der Waals surface area contributed by atoms with Crippen LogP contribution in [0.3, 0.4) is 0 Å². The Hall–Kier alpha value is -0.930. The molecule has 0 aromatic carbocycles. The van der Waals surface area contributed by atoms with Crippen LogP contribution in [-0.2, 0) is 10.0 Å². The van der Waals surface area contributed by atoms with E-state index < -0.39 is 22.0 Å². The Labute approximate surface area is 135 Å². The average Bonchev–Trinajstić information content (AvgIpc) is 2.95. The molecule has 0 bridgehead atoms. The number of hydrogen-bond donors (Lipinski definition) is 2. The summed E-state index contributed by atoms with van der Waals surface area (Å²) in [6.45, 7) is 3.29. The second-order valence-electron chi connectivity index (χ2n) is 4.32. The number of hydrogen-bond acceptors (Lipinski definition) is 5. The molecule has 0 radical (unpaired) electrons. The van der Waals surface area contributed by atoms with Crippen molar-refractivity contribution in [1.82, 2.24) is 4.72 Å². The van der Waals surface area contributed by atoms with Crippen molar-refractivity contribution in [3.63, 3.8) is 0 Å². The number of carbonyl (C=O) groups is 1. The first-order valence-electron chi connectivity index (χ1n) is 5.82. The normalized spacial score (nSPS) is 13.3. The third-order valence-electron chi connectivity index (χ3n) is 2.73. The maximum absolute atomic E-state index is 12.4. The molecule has 0 fully saturated rings. The predicted molar refractivity (Wildman–Crippen MR) is 84.1 cm³/mol. The fourth-order valence-electron chi connectivity index (χ4n) is 1.75. The number of aromatic carboxylic acids is 1. The SMILES string of the molecule is Cc1sc(C(=O)O)cc1S(=O)(=O)NC(C)c1ccc(Cl)s1. The summed E-state index contributed by atoms with van der Waals surface area (Å²) >= 11 is 8.07. The molecule has 0 saturated carbocycles. The molecule has 1 atom stereocenters. The van der Waals surface area contributed by atoms with Crippen LogP contribution in [0.4, 0.5) is 0 Å². The summed E-state index contributed by atoms with van der Waals surface area (Å²) in [5.74, 6) is -1.14. The smallest absolute Gasteiger partial charge is 0.345 e. The van der Waals surface area contributed by atoms with Gasteiger partial charge < -0.3 is 5.11 Å². The largest absolute Gasteiger partial charge is 0.477 e. The molecule has 2 rings (SSSR count). The van der Waals surface area contributed by atoms with Gasteiger partial charge in [0.05, 0.1) is 15.3 Å². The highest BCUT2D eigenvalue weighted by atomic mass is 35.5. The zero-order chi connectivity index (χ0) is 15.8. The van der Waals surface area contributed by atoms with E-state index in [1.807, 2.05) is 0 Å². The molecular weight excluding hydrogens is 354 g/mol. The molecule has 1 unspecified atom stereocenters. The molecule has 0 saturated heterocycles.